The number of aromatic nitrogens is 1. The van der Waals surface area contributed by atoms with Crippen molar-refractivity contribution in [3.63, 3.8) is 0 Å². The smallest absolute Gasteiger partial charge is 0.409 e. The largest absolute Gasteiger partial charge is 0.425 e. The van der Waals surface area contributed by atoms with Gasteiger partial charge in [0.25, 0.3) is 0 Å². The van der Waals surface area contributed by atoms with Crippen LogP contribution in [0.25, 0.3) is 10.9 Å². The van der Waals surface area contributed by atoms with Crippen molar-refractivity contribution in [3.8, 4) is 0 Å². The van der Waals surface area contributed by atoms with Gasteiger partial charge in [-0.1, -0.05) is 41.9 Å². The average Bonchev–Trinajstić information content (AvgIpc) is 3.40. The Balaban J connectivity index is 1.44. The molecule has 190 valence electrons. The lowest BCUT2D eigenvalue weighted by molar-refractivity contribution is -0.138. The molecule has 0 aliphatic carbocycles. The molecule has 0 saturated carbocycles. The first-order valence-electron chi connectivity index (χ1n) is 11.2. The maximum absolute atomic E-state index is 14.2. The van der Waals surface area contributed by atoms with Crippen LogP contribution >= 0.6 is 11.6 Å². The summed E-state index contributed by atoms with van der Waals surface area (Å²) in [6.07, 6.45) is -2.06. The Labute approximate surface area is 210 Å². The van der Waals surface area contributed by atoms with E-state index >= 15 is 0 Å². The highest BCUT2D eigenvalue weighted by Crippen LogP contribution is 2.25. The van der Waals surface area contributed by atoms with Gasteiger partial charge in [0.1, 0.15) is 25.1 Å². The summed E-state index contributed by atoms with van der Waals surface area (Å²) < 4.78 is 40.1. The normalized spacial score (nSPS) is 17.4. The standard InChI is InChI=1S/C25H24ClF2N3O5/c1-35-14-21(32)18-12-30(20-8-3-2-6-17(18)20)13-22(33)31-11-16(27)9-23(31)36-25(34)29-10-15-5-4-7-19(26)24(15)28/h2-8,12,16,23H,9-11,13-14H2,1H3,(H,29,34)/t16-,23+/m1/s1. The summed E-state index contributed by atoms with van der Waals surface area (Å²) in [5.74, 6) is -1.39. The number of amides is 2. The number of alkyl halides is 1. The first kappa shape index (κ1) is 25.6. The van der Waals surface area contributed by atoms with Gasteiger partial charge in [-0.2, -0.15) is 0 Å². The number of halogens is 3. The lowest BCUT2D eigenvalue weighted by Crippen LogP contribution is -2.42. The van der Waals surface area contributed by atoms with Crippen LogP contribution in [0, 0.1) is 5.82 Å². The average molecular weight is 520 g/mol. The van der Waals surface area contributed by atoms with Crippen LogP contribution in [-0.4, -0.2) is 59.9 Å². The minimum absolute atomic E-state index is 0.0832. The summed E-state index contributed by atoms with van der Waals surface area (Å²) in [7, 11) is 1.42. The molecule has 2 atom stereocenters. The van der Waals surface area contributed by atoms with Crippen LogP contribution in [0.4, 0.5) is 13.6 Å². The zero-order valence-corrected chi connectivity index (χ0v) is 20.1. The highest BCUT2D eigenvalue weighted by atomic mass is 35.5. The molecule has 1 aromatic heterocycles. The van der Waals surface area contributed by atoms with Crippen molar-refractivity contribution < 1.29 is 32.6 Å². The van der Waals surface area contributed by atoms with Crippen molar-refractivity contribution in [3.05, 3.63) is 70.6 Å². The number of benzene rings is 2. The molecule has 1 N–H and O–H groups in total. The minimum Gasteiger partial charge on any atom is -0.425 e. The minimum atomic E-state index is -1.38. The molecule has 0 bridgehead atoms. The molecule has 1 fully saturated rings. The van der Waals surface area contributed by atoms with Crippen molar-refractivity contribution in [2.75, 3.05) is 20.3 Å². The number of carbonyl (C=O) groups excluding carboxylic acids is 3. The lowest BCUT2D eigenvalue weighted by atomic mass is 10.1. The first-order valence-corrected chi connectivity index (χ1v) is 11.6. The van der Waals surface area contributed by atoms with Crippen LogP contribution in [0.5, 0.6) is 0 Å². The number of nitrogens with zero attached hydrogens (tertiary/aromatic N) is 2. The summed E-state index contributed by atoms with van der Waals surface area (Å²) in [5, 5.41) is 2.98. The number of ketones is 1. The number of fused-ring (bicyclic) bond motifs is 1. The van der Waals surface area contributed by atoms with Gasteiger partial charge >= 0.3 is 6.09 Å². The quantitative estimate of drug-likeness (QED) is 0.453. The van der Waals surface area contributed by atoms with Crippen molar-refractivity contribution in [2.45, 2.75) is 31.9 Å². The van der Waals surface area contributed by atoms with E-state index in [9.17, 15) is 23.2 Å². The Bertz CT molecular complexity index is 1300. The fourth-order valence-corrected chi connectivity index (χ4v) is 4.38. The number of carbonyl (C=O) groups is 3. The number of methoxy groups -OCH3 is 1. The molecule has 1 saturated heterocycles. The highest BCUT2D eigenvalue weighted by molar-refractivity contribution is 6.30. The first-order chi connectivity index (χ1) is 17.3. The number of hydrogen-bond donors (Lipinski definition) is 1. The predicted octanol–water partition coefficient (Wildman–Crippen LogP) is 4.09. The number of para-hydroxylation sites is 1. The second kappa shape index (κ2) is 11.0. The van der Waals surface area contributed by atoms with E-state index < -0.39 is 30.2 Å². The molecule has 2 aromatic carbocycles. The van der Waals surface area contributed by atoms with Gasteiger partial charge in [0.05, 0.1) is 11.6 Å². The zero-order chi connectivity index (χ0) is 25.8. The molecule has 2 heterocycles. The van der Waals surface area contributed by atoms with Gasteiger partial charge in [0.15, 0.2) is 12.0 Å². The molecular formula is C25H24ClF2N3O5. The van der Waals surface area contributed by atoms with E-state index in [2.05, 4.69) is 5.32 Å². The Kier molecular flexibility index (Phi) is 7.85. The van der Waals surface area contributed by atoms with Crippen LogP contribution in [0.1, 0.15) is 22.3 Å². The van der Waals surface area contributed by atoms with E-state index in [1.54, 1.807) is 35.0 Å². The van der Waals surface area contributed by atoms with E-state index in [1.807, 2.05) is 0 Å². The van der Waals surface area contributed by atoms with Crippen LogP contribution in [0.15, 0.2) is 48.7 Å². The maximum Gasteiger partial charge on any atom is 0.409 e. The van der Waals surface area contributed by atoms with Crippen molar-refractivity contribution in [1.29, 1.82) is 0 Å². The second-order valence-corrected chi connectivity index (χ2v) is 8.76. The van der Waals surface area contributed by atoms with Gasteiger partial charge in [-0.3, -0.25) is 9.59 Å². The van der Waals surface area contributed by atoms with Crippen LogP contribution < -0.4 is 5.32 Å². The monoisotopic (exact) mass is 519 g/mol. The van der Waals surface area contributed by atoms with Gasteiger partial charge in [-0.05, 0) is 12.1 Å². The summed E-state index contributed by atoms with van der Waals surface area (Å²) in [4.78, 5) is 39.0. The maximum atomic E-state index is 14.2. The Hall–Kier alpha value is -3.50. The molecule has 4 rings (SSSR count). The topological polar surface area (TPSA) is 89.9 Å². The summed E-state index contributed by atoms with van der Waals surface area (Å²) >= 11 is 5.74. The van der Waals surface area contributed by atoms with Gasteiger partial charge in [0, 0.05) is 48.3 Å². The number of rotatable bonds is 8. The molecule has 11 heteroatoms. The van der Waals surface area contributed by atoms with Crippen molar-refractivity contribution in [2.24, 2.45) is 0 Å². The van der Waals surface area contributed by atoms with E-state index in [0.717, 1.165) is 4.90 Å². The molecule has 8 nitrogen and oxygen atoms in total. The van der Waals surface area contributed by atoms with Gasteiger partial charge in [-0.15, -0.1) is 0 Å². The molecule has 2 amide bonds. The number of alkyl carbamates (subject to hydrolysis) is 1. The van der Waals surface area contributed by atoms with E-state index in [1.165, 1.54) is 25.3 Å². The van der Waals surface area contributed by atoms with E-state index in [0.29, 0.717) is 16.5 Å². The van der Waals surface area contributed by atoms with Crippen molar-refractivity contribution in [1.82, 2.24) is 14.8 Å². The van der Waals surface area contributed by atoms with Crippen LogP contribution in [-0.2, 0) is 27.4 Å². The molecule has 0 radical (unpaired) electrons. The van der Waals surface area contributed by atoms with Crippen LogP contribution in [0.2, 0.25) is 5.02 Å². The van der Waals surface area contributed by atoms with Gasteiger partial charge in [-0.25, -0.2) is 13.6 Å². The zero-order valence-electron chi connectivity index (χ0n) is 19.4. The lowest BCUT2D eigenvalue weighted by Gasteiger charge is -2.24. The molecule has 0 unspecified atom stereocenters. The van der Waals surface area contributed by atoms with Crippen molar-refractivity contribution >= 4 is 40.3 Å². The Morgan fingerprint density at radius 1 is 1.17 bits per heavy atom. The molecule has 36 heavy (non-hydrogen) atoms. The molecule has 3 aromatic rings. The van der Waals surface area contributed by atoms with Gasteiger partial charge in [0.2, 0.25) is 5.91 Å². The number of likely N-dealkylation sites (tertiary alicyclic amines) is 1. The summed E-state index contributed by atoms with van der Waals surface area (Å²) in [5.41, 5.74) is 1.21. The Morgan fingerprint density at radius 3 is 2.72 bits per heavy atom. The molecule has 1 aliphatic rings. The Morgan fingerprint density at radius 2 is 1.94 bits per heavy atom. The number of Topliss-reactive ketones (excluding diaryl/α,β-unsaturated/α-hetero) is 1. The highest BCUT2D eigenvalue weighted by Gasteiger charge is 2.38. The number of hydrogen-bond acceptors (Lipinski definition) is 5. The SMILES string of the molecule is COCC(=O)c1cn(CC(=O)N2C[C@H](F)C[C@@H]2OC(=O)NCc2cccc(Cl)c2F)c2ccccc12. The third-order valence-corrected chi connectivity index (χ3v) is 6.18. The number of nitrogens with one attached hydrogen (secondary N) is 1. The molecule has 1 aliphatic heterocycles. The molecule has 0 spiro atoms. The fourth-order valence-electron chi connectivity index (χ4n) is 4.19. The fraction of sp³-hybridized carbons (Fsp3) is 0.320. The van der Waals surface area contributed by atoms with Crippen LogP contribution in [0.3, 0.4) is 0 Å². The second-order valence-electron chi connectivity index (χ2n) is 8.35. The van der Waals surface area contributed by atoms with E-state index in [4.69, 9.17) is 21.1 Å². The third-order valence-electron chi connectivity index (χ3n) is 5.89. The third kappa shape index (κ3) is 5.50. The predicted molar refractivity (Wildman–Crippen MR) is 128 cm³/mol. The molecular weight excluding hydrogens is 496 g/mol. The van der Waals surface area contributed by atoms with E-state index in [-0.39, 0.29) is 49.0 Å². The number of ether oxygens (including phenoxy) is 2. The van der Waals surface area contributed by atoms with Gasteiger partial charge < -0.3 is 24.3 Å². The summed E-state index contributed by atoms with van der Waals surface area (Å²) in [6.45, 7) is -0.739. The summed E-state index contributed by atoms with van der Waals surface area (Å²) in [6, 6.07) is 11.5.